The van der Waals surface area contributed by atoms with E-state index in [-0.39, 0.29) is 24.2 Å². The molecule has 3 N–H and O–H groups in total. The summed E-state index contributed by atoms with van der Waals surface area (Å²) in [5.41, 5.74) is 2.58. The molecule has 2 aromatic carbocycles. The molecule has 5 rings (SSSR count). The largest absolute Gasteiger partial charge is 0.481 e. The Hall–Kier alpha value is -4.69. The Morgan fingerprint density at radius 2 is 1.71 bits per heavy atom. The van der Waals surface area contributed by atoms with E-state index < -0.39 is 17.9 Å². The number of hydrogen-bond donors (Lipinski definition) is 3. The Morgan fingerprint density at radius 1 is 1.00 bits per heavy atom. The van der Waals surface area contributed by atoms with E-state index in [1.165, 1.54) is 11.3 Å². The van der Waals surface area contributed by atoms with Crippen molar-refractivity contribution in [2.75, 3.05) is 36.4 Å². The average Bonchev–Trinajstić information content (AvgIpc) is 3.70. The number of piperazine rings is 1. The van der Waals surface area contributed by atoms with Gasteiger partial charge in [0.2, 0.25) is 5.91 Å². The zero-order valence-electron chi connectivity index (χ0n) is 22.2. The van der Waals surface area contributed by atoms with Crippen LogP contribution in [0.3, 0.4) is 0 Å². The van der Waals surface area contributed by atoms with Crippen LogP contribution < -0.4 is 15.5 Å². The number of anilines is 2. The molecule has 0 bridgehead atoms. The lowest BCUT2D eigenvalue weighted by Gasteiger charge is -2.37. The first-order chi connectivity index (χ1) is 19.8. The molecular weight excluding hydrogens is 542 g/mol. The number of benzene rings is 2. The molecule has 41 heavy (non-hydrogen) atoms. The van der Waals surface area contributed by atoms with E-state index in [2.05, 4.69) is 21.6 Å². The summed E-state index contributed by atoms with van der Waals surface area (Å²) in [4.78, 5) is 54.9. The maximum atomic E-state index is 13.2. The smallest absolute Gasteiger partial charge is 0.305 e. The second-order valence-electron chi connectivity index (χ2n) is 10.1. The van der Waals surface area contributed by atoms with Crippen molar-refractivity contribution in [3.8, 4) is 6.07 Å². The molecule has 2 aliphatic rings. The first kappa shape index (κ1) is 27.9. The van der Waals surface area contributed by atoms with Crippen molar-refractivity contribution >= 4 is 46.4 Å². The highest BCUT2D eigenvalue weighted by Gasteiger charge is 2.31. The van der Waals surface area contributed by atoms with Gasteiger partial charge in [0.1, 0.15) is 0 Å². The number of thiophene rings is 1. The van der Waals surface area contributed by atoms with Crippen molar-refractivity contribution < 1.29 is 24.3 Å². The monoisotopic (exact) mass is 571 g/mol. The standard InChI is InChI=1S/C30H29N5O5S/c31-18-19-3-5-21(6-4-19)30(40)35-13-11-34(12-14-35)25-10-9-22(16-23(25)32-28(38)20-7-8-20)29(39)33-24(17-27(36)37)26-2-1-15-41-26/h1-6,9-10,15-16,20,24H,7-8,11-14,17H2,(H,32,38)(H,33,39)(H,36,37). The van der Waals surface area contributed by atoms with Crippen LogP contribution in [0, 0.1) is 17.2 Å². The predicted octanol–water partition coefficient (Wildman–Crippen LogP) is 3.88. The number of aliphatic carboxylic acids is 1. The van der Waals surface area contributed by atoms with Gasteiger partial charge in [-0.05, 0) is 66.8 Å². The highest BCUT2D eigenvalue weighted by Crippen LogP contribution is 2.34. The predicted molar refractivity (Wildman–Crippen MR) is 154 cm³/mol. The fourth-order valence-corrected chi connectivity index (χ4v) is 5.56. The summed E-state index contributed by atoms with van der Waals surface area (Å²) in [6, 6.07) is 16.6. The molecule has 1 aliphatic heterocycles. The highest BCUT2D eigenvalue weighted by atomic mass is 32.1. The number of nitrogens with zero attached hydrogens (tertiary/aromatic N) is 3. The molecule has 1 aliphatic carbocycles. The topological polar surface area (TPSA) is 143 Å². The summed E-state index contributed by atoms with van der Waals surface area (Å²) in [5.74, 6) is -1.70. The summed E-state index contributed by atoms with van der Waals surface area (Å²) in [5, 5.41) is 26.0. The van der Waals surface area contributed by atoms with Crippen LogP contribution in [0.2, 0.25) is 0 Å². The van der Waals surface area contributed by atoms with Crippen LogP contribution in [0.15, 0.2) is 60.0 Å². The molecule has 0 spiro atoms. The molecule has 0 radical (unpaired) electrons. The number of carboxylic acids is 1. The van der Waals surface area contributed by atoms with Crippen LogP contribution in [-0.4, -0.2) is 59.9 Å². The Kier molecular flexibility index (Phi) is 8.31. The number of carbonyl (C=O) groups is 4. The van der Waals surface area contributed by atoms with Crippen LogP contribution in [0.5, 0.6) is 0 Å². The maximum Gasteiger partial charge on any atom is 0.305 e. The minimum Gasteiger partial charge on any atom is -0.481 e. The quantitative estimate of drug-likeness (QED) is 0.354. The second kappa shape index (κ2) is 12.2. The Bertz CT molecular complexity index is 1490. The molecule has 1 saturated heterocycles. The molecule has 210 valence electrons. The van der Waals surface area contributed by atoms with Crippen LogP contribution >= 0.6 is 11.3 Å². The van der Waals surface area contributed by atoms with Crippen LogP contribution in [0.25, 0.3) is 0 Å². The number of carboxylic acid groups (broad SMARTS) is 1. The van der Waals surface area contributed by atoms with Gasteiger partial charge in [0.15, 0.2) is 0 Å². The molecule has 2 heterocycles. The lowest BCUT2D eigenvalue weighted by molar-refractivity contribution is -0.137. The molecule has 3 aromatic rings. The highest BCUT2D eigenvalue weighted by molar-refractivity contribution is 7.10. The molecule has 1 saturated carbocycles. The van der Waals surface area contributed by atoms with Gasteiger partial charge in [-0.2, -0.15) is 5.26 Å². The number of nitrogens with one attached hydrogen (secondary N) is 2. The Balaban J connectivity index is 1.31. The van der Waals surface area contributed by atoms with Crippen LogP contribution in [0.1, 0.15) is 56.5 Å². The van der Waals surface area contributed by atoms with Crippen LogP contribution in [0.4, 0.5) is 11.4 Å². The SMILES string of the molecule is N#Cc1ccc(C(=O)N2CCN(c3ccc(C(=O)NC(CC(=O)O)c4cccs4)cc3NC(=O)C3CC3)CC2)cc1. The molecule has 2 fully saturated rings. The van der Waals surface area contributed by atoms with Crippen molar-refractivity contribution in [1.82, 2.24) is 10.2 Å². The van der Waals surface area contributed by atoms with Crippen molar-refractivity contribution in [2.45, 2.75) is 25.3 Å². The van der Waals surface area contributed by atoms with E-state index >= 15 is 0 Å². The number of nitriles is 1. The number of carbonyl (C=O) groups excluding carboxylic acids is 3. The summed E-state index contributed by atoms with van der Waals surface area (Å²) >= 11 is 1.37. The first-order valence-electron chi connectivity index (χ1n) is 13.4. The van der Waals surface area contributed by atoms with Crippen molar-refractivity contribution in [1.29, 1.82) is 5.26 Å². The number of hydrogen-bond acceptors (Lipinski definition) is 7. The fourth-order valence-electron chi connectivity index (χ4n) is 4.78. The maximum absolute atomic E-state index is 13.2. The Morgan fingerprint density at radius 3 is 2.32 bits per heavy atom. The summed E-state index contributed by atoms with van der Waals surface area (Å²) in [6.07, 6.45) is 1.41. The van der Waals surface area contributed by atoms with E-state index in [9.17, 15) is 24.3 Å². The lowest BCUT2D eigenvalue weighted by atomic mass is 10.1. The van der Waals surface area contributed by atoms with E-state index in [1.54, 1.807) is 59.5 Å². The minimum absolute atomic E-state index is 0.0407. The second-order valence-corrected chi connectivity index (χ2v) is 11.1. The molecule has 10 nitrogen and oxygen atoms in total. The first-order valence-corrected chi connectivity index (χ1v) is 14.3. The Labute approximate surface area is 241 Å². The molecule has 1 unspecified atom stereocenters. The lowest BCUT2D eigenvalue weighted by Crippen LogP contribution is -2.49. The van der Waals surface area contributed by atoms with Gasteiger partial charge in [-0.15, -0.1) is 11.3 Å². The van der Waals surface area contributed by atoms with Gasteiger partial charge in [-0.1, -0.05) is 6.07 Å². The molecular formula is C30H29N5O5S. The third-order valence-corrected chi connectivity index (χ3v) is 8.19. The van der Waals surface area contributed by atoms with E-state index in [0.717, 1.165) is 23.4 Å². The zero-order valence-corrected chi connectivity index (χ0v) is 23.0. The van der Waals surface area contributed by atoms with E-state index in [1.807, 2.05) is 5.38 Å². The molecule has 1 aromatic heterocycles. The third-order valence-electron chi connectivity index (χ3n) is 7.20. The summed E-state index contributed by atoms with van der Waals surface area (Å²) in [6.45, 7) is 1.99. The van der Waals surface area contributed by atoms with Gasteiger partial charge >= 0.3 is 5.97 Å². The van der Waals surface area contributed by atoms with E-state index in [0.29, 0.717) is 48.6 Å². The summed E-state index contributed by atoms with van der Waals surface area (Å²) in [7, 11) is 0. The van der Waals surface area contributed by atoms with E-state index in [4.69, 9.17) is 5.26 Å². The normalized spacial score (nSPS) is 15.5. The number of rotatable bonds is 9. The van der Waals surface area contributed by atoms with Crippen LogP contribution in [-0.2, 0) is 9.59 Å². The van der Waals surface area contributed by atoms with Gasteiger partial charge < -0.3 is 25.5 Å². The van der Waals surface area contributed by atoms with Gasteiger partial charge in [-0.3, -0.25) is 19.2 Å². The van der Waals surface area contributed by atoms with Gasteiger partial charge in [0.25, 0.3) is 11.8 Å². The number of amides is 3. The molecule has 1 atom stereocenters. The zero-order chi connectivity index (χ0) is 28.9. The van der Waals surface area contributed by atoms with Gasteiger partial charge in [-0.25, -0.2) is 0 Å². The fraction of sp³-hybridized carbons (Fsp3) is 0.300. The van der Waals surface area contributed by atoms with Crippen molar-refractivity contribution in [3.05, 3.63) is 81.5 Å². The van der Waals surface area contributed by atoms with Crippen molar-refractivity contribution in [3.63, 3.8) is 0 Å². The van der Waals surface area contributed by atoms with Gasteiger partial charge in [0.05, 0.1) is 35.5 Å². The minimum atomic E-state index is -1.02. The summed E-state index contributed by atoms with van der Waals surface area (Å²) < 4.78 is 0. The van der Waals surface area contributed by atoms with Crippen molar-refractivity contribution in [2.24, 2.45) is 5.92 Å². The molecule has 11 heteroatoms. The molecule has 3 amide bonds. The third kappa shape index (κ3) is 6.73. The average molecular weight is 572 g/mol. The van der Waals surface area contributed by atoms with Gasteiger partial charge in [0, 0.05) is 48.1 Å².